The largest absolute Gasteiger partial charge is 0.433 e. The zero-order chi connectivity index (χ0) is 21.5. The lowest BCUT2D eigenvalue weighted by atomic mass is 10.1. The van der Waals surface area contributed by atoms with Gasteiger partial charge in [0.2, 0.25) is 0 Å². The van der Waals surface area contributed by atoms with Gasteiger partial charge in [-0.3, -0.25) is 14.6 Å². The number of carbonyl (C=O) groups excluding carboxylic acids is 2. The number of alkyl halides is 3. The number of amides is 2. The molecule has 0 atom stereocenters. The van der Waals surface area contributed by atoms with Gasteiger partial charge >= 0.3 is 6.18 Å². The highest BCUT2D eigenvalue weighted by atomic mass is 19.4. The molecule has 0 spiro atoms. The third kappa shape index (κ3) is 6.35. The first-order valence-corrected chi connectivity index (χ1v) is 7.87. The molecular weight excluding hydrogens is 375 g/mol. The number of aliphatic imine (C=N–C) groups is 1. The van der Waals surface area contributed by atoms with Crippen molar-refractivity contribution in [3.8, 4) is 6.07 Å². The Bertz CT molecular complexity index is 880. The van der Waals surface area contributed by atoms with Gasteiger partial charge in [0.05, 0.1) is 6.07 Å². The summed E-state index contributed by atoms with van der Waals surface area (Å²) in [6, 6.07) is 4.81. The molecular formula is C18H18F3N5O2. The maximum Gasteiger partial charge on any atom is 0.433 e. The Balaban J connectivity index is 3.04. The van der Waals surface area contributed by atoms with Crippen LogP contribution in [-0.4, -0.2) is 29.1 Å². The molecule has 1 heterocycles. The van der Waals surface area contributed by atoms with Gasteiger partial charge in [-0.05, 0) is 45.7 Å². The number of nitrogens with zero attached hydrogens (tertiary/aromatic N) is 3. The van der Waals surface area contributed by atoms with E-state index in [1.165, 1.54) is 32.9 Å². The number of nitrogens with one attached hydrogen (secondary N) is 2. The second kappa shape index (κ2) is 8.94. The summed E-state index contributed by atoms with van der Waals surface area (Å²) >= 11 is 0. The van der Waals surface area contributed by atoms with Crippen LogP contribution in [0.25, 0.3) is 0 Å². The van der Waals surface area contributed by atoms with Crippen LogP contribution in [0.5, 0.6) is 0 Å². The molecule has 0 radical (unpaired) electrons. The van der Waals surface area contributed by atoms with Crippen molar-refractivity contribution in [3.05, 3.63) is 53.1 Å². The van der Waals surface area contributed by atoms with Crippen molar-refractivity contribution < 1.29 is 22.8 Å². The van der Waals surface area contributed by atoms with Crippen LogP contribution in [0, 0.1) is 11.3 Å². The standard InChI is InChI=1S/C18H18F3N5O2/c1-5-11(9-13(23-4)16(28)26-17(2,3)10-22)24-15(27)12-7-6-8-14(25-12)18(19,20)21/h5-9H,4H2,1-3H3,(H,24,27)(H,26,28)/b11-5+,13-9-. The molecule has 10 heteroatoms. The molecule has 7 nitrogen and oxygen atoms in total. The first-order chi connectivity index (χ1) is 12.9. The first-order valence-electron chi connectivity index (χ1n) is 7.87. The summed E-state index contributed by atoms with van der Waals surface area (Å²) in [4.78, 5) is 31.2. The maximum atomic E-state index is 12.7. The minimum Gasteiger partial charge on any atom is -0.333 e. The third-order valence-corrected chi connectivity index (χ3v) is 3.24. The lowest BCUT2D eigenvalue weighted by Crippen LogP contribution is -2.42. The summed E-state index contributed by atoms with van der Waals surface area (Å²) in [6.07, 6.45) is -2.12. The fourth-order valence-corrected chi connectivity index (χ4v) is 1.81. The van der Waals surface area contributed by atoms with E-state index in [-0.39, 0.29) is 11.4 Å². The van der Waals surface area contributed by atoms with Crippen molar-refractivity contribution >= 4 is 18.5 Å². The molecule has 0 unspecified atom stereocenters. The number of rotatable bonds is 6. The van der Waals surface area contributed by atoms with Crippen LogP contribution < -0.4 is 10.6 Å². The van der Waals surface area contributed by atoms with Crippen molar-refractivity contribution in [3.63, 3.8) is 0 Å². The summed E-state index contributed by atoms with van der Waals surface area (Å²) < 4.78 is 38.2. The molecule has 0 fully saturated rings. The van der Waals surface area contributed by atoms with E-state index in [2.05, 4.69) is 27.3 Å². The van der Waals surface area contributed by atoms with E-state index < -0.39 is 34.9 Å². The molecule has 148 valence electrons. The monoisotopic (exact) mass is 393 g/mol. The van der Waals surface area contributed by atoms with Gasteiger partial charge in [-0.1, -0.05) is 12.1 Å². The Morgan fingerprint density at radius 3 is 2.46 bits per heavy atom. The van der Waals surface area contributed by atoms with Gasteiger partial charge in [-0.2, -0.15) is 18.4 Å². The van der Waals surface area contributed by atoms with Crippen molar-refractivity contribution in [2.24, 2.45) is 4.99 Å². The summed E-state index contributed by atoms with van der Waals surface area (Å²) in [6.45, 7) is 7.74. The SMILES string of the molecule is C=N/C(=C\C(=C/C)NC(=O)c1cccc(C(F)(F)F)n1)C(=O)NC(C)(C)C#N. The molecule has 0 saturated carbocycles. The fraction of sp³-hybridized carbons (Fsp3) is 0.278. The van der Waals surface area contributed by atoms with E-state index in [4.69, 9.17) is 5.26 Å². The van der Waals surface area contributed by atoms with Gasteiger partial charge < -0.3 is 10.6 Å². The van der Waals surface area contributed by atoms with Crippen LogP contribution >= 0.6 is 0 Å². The molecule has 0 aliphatic carbocycles. The maximum absolute atomic E-state index is 12.7. The number of hydrogen-bond donors (Lipinski definition) is 2. The van der Waals surface area contributed by atoms with Crippen molar-refractivity contribution in [1.29, 1.82) is 5.26 Å². The van der Waals surface area contributed by atoms with Crippen molar-refractivity contribution in [2.75, 3.05) is 0 Å². The normalized spacial score (nSPS) is 12.8. The number of aromatic nitrogens is 1. The topological polar surface area (TPSA) is 107 Å². The van der Waals surface area contributed by atoms with Crippen molar-refractivity contribution in [2.45, 2.75) is 32.5 Å². The number of pyridine rings is 1. The molecule has 2 amide bonds. The van der Waals surface area contributed by atoms with E-state index in [1.54, 1.807) is 0 Å². The summed E-state index contributed by atoms with van der Waals surface area (Å²) in [5, 5.41) is 13.7. The molecule has 0 aliphatic heterocycles. The molecule has 0 aliphatic rings. The molecule has 2 N–H and O–H groups in total. The molecule has 0 aromatic carbocycles. The smallest absolute Gasteiger partial charge is 0.333 e. The number of allylic oxidation sites excluding steroid dienone is 2. The summed E-state index contributed by atoms with van der Waals surface area (Å²) in [5.74, 6) is -1.62. The molecule has 0 bridgehead atoms. The predicted molar refractivity (Wildman–Crippen MR) is 95.9 cm³/mol. The number of halogens is 3. The number of hydrogen-bond acceptors (Lipinski definition) is 5. The van der Waals surface area contributed by atoms with Crippen LogP contribution in [0.4, 0.5) is 13.2 Å². The minimum atomic E-state index is -4.69. The zero-order valence-corrected chi connectivity index (χ0v) is 15.4. The molecule has 28 heavy (non-hydrogen) atoms. The van der Waals surface area contributed by atoms with E-state index in [0.29, 0.717) is 0 Å². The van der Waals surface area contributed by atoms with Crippen molar-refractivity contribution in [1.82, 2.24) is 15.6 Å². The Morgan fingerprint density at radius 2 is 1.96 bits per heavy atom. The molecule has 1 rings (SSSR count). The van der Waals surface area contributed by atoms with Gasteiger partial charge in [0.25, 0.3) is 11.8 Å². The van der Waals surface area contributed by atoms with E-state index in [0.717, 1.165) is 18.2 Å². The van der Waals surface area contributed by atoms with Gasteiger partial charge in [0.1, 0.15) is 22.6 Å². The highest BCUT2D eigenvalue weighted by Crippen LogP contribution is 2.27. The highest BCUT2D eigenvalue weighted by Gasteiger charge is 2.33. The Labute approximate surface area is 159 Å². The summed E-state index contributed by atoms with van der Waals surface area (Å²) in [7, 11) is 0. The zero-order valence-electron chi connectivity index (χ0n) is 15.4. The average Bonchev–Trinajstić information content (AvgIpc) is 2.63. The first kappa shape index (κ1) is 22.6. The van der Waals surface area contributed by atoms with E-state index in [9.17, 15) is 22.8 Å². The molecule has 0 saturated heterocycles. The highest BCUT2D eigenvalue weighted by molar-refractivity contribution is 5.96. The van der Waals surface area contributed by atoms with Gasteiger partial charge in [-0.15, -0.1) is 0 Å². The van der Waals surface area contributed by atoms with Gasteiger partial charge in [0, 0.05) is 5.70 Å². The second-order valence-corrected chi connectivity index (χ2v) is 5.98. The minimum absolute atomic E-state index is 0.0801. The average molecular weight is 393 g/mol. The number of nitriles is 1. The van der Waals surface area contributed by atoms with Gasteiger partial charge in [0.15, 0.2) is 0 Å². The third-order valence-electron chi connectivity index (χ3n) is 3.24. The molecule has 1 aromatic heterocycles. The van der Waals surface area contributed by atoms with Crippen LogP contribution in [0.3, 0.4) is 0 Å². The predicted octanol–water partition coefficient (Wildman–Crippen LogP) is 2.74. The lowest BCUT2D eigenvalue weighted by molar-refractivity contribution is -0.141. The van der Waals surface area contributed by atoms with Crippen LogP contribution in [-0.2, 0) is 11.0 Å². The van der Waals surface area contributed by atoms with Crippen LogP contribution in [0.2, 0.25) is 0 Å². The number of carbonyl (C=O) groups is 2. The Kier molecular flexibility index (Phi) is 7.21. The van der Waals surface area contributed by atoms with Crippen LogP contribution in [0.1, 0.15) is 37.0 Å². The van der Waals surface area contributed by atoms with Crippen LogP contribution in [0.15, 0.2) is 46.7 Å². The Hall–Kier alpha value is -3.48. The van der Waals surface area contributed by atoms with E-state index >= 15 is 0 Å². The quantitative estimate of drug-likeness (QED) is 0.440. The molecule has 1 aromatic rings. The fourth-order valence-electron chi connectivity index (χ4n) is 1.81. The van der Waals surface area contributed by atoms with E-state index in [1.807, 2.05) is 6.07 Å². The summed E-state index contributed by atoms with van der Waals surface area (Å²) in [5.41, 5.74) is -2.94. The lowest BCUT2D eigenvalue weighted by Gasteiger charge is -2.17. The van der Waals surface area contributed by atoms with Gasteiger partial charge in [-0.25, -0.2) is 4.98 Å². The Morgan fingerprint density at radius 1 is 1.32 bits per heavy atom. The second-order valence-electron chi connectivity index (χ2n) is 5.98.